The summed E-state index contributed by atoms with van der Waals surface area (Å²) in [5.41, 5.74) is 4.31. The van der Waals surface area contributed by atoms with Gasteiger partial charge in [0, 0.05) is 16.3 Å². The van der Waals surface area contributed by atoms with Gasteiger partial charge >= 0.3 is 0 Å². The molecule has 3 amide bonds. The fraction of sp³-hybridized carbons (Fsp3) is 0.154. The van der Waals surface area contributed by atoms with Gasteiger partial charge in [-0.3, -0.25) is 24.7 Å². The number of ether oxygens (including phenoxy) is 1. The van der Waals surface area contributed by atoms with E-state index in [0.29, 0.717) is 22.1 Å². The molecule has 0 spiro atoms. The van der Waals surface area contributed by atoms with Gasteiger partial charge in [0.05, 0.1) is 19.2 Å². The lowest BCUT2D eigenvalue weighted by Crippen LogP contribution is -2.49. The van der Waals surface area contributed by atoms with Crippen molar-refractivity contribution in [2.45, 2.75) is 19.4 Å². The van der Waals surface area contributed by atoms with Crippen LogP contribution < -0.4 is 20.4 Å². The summed E-state index contributed by atoms with van der Waals surface area (Å²) in [6, 6.07) is 15.5. The Morgan fingerprint density at radius 1 is 1.11 bits per heavy atom. The van der Waals surface area contributed by atoms with Crippen LogP contribution in [0.25, 0.3) is 0 Å². The lowest BCUT2D eigenvalue weighted by Gasteiger charge is -2.24. The normalized spacial score (nSPS) is 15.1. The number of hydrazine groups is 1. The second-order valence-electron chi connectivity index (χ2n) is 8.21. The van der Waals surface area contributed by atoms with E-state index in [0.717, 1.165) is 16.6 Å². The van der Waals surface area contributed by atoms with Gasteiger partial charge in [0.15, 0.2) is 0 Å². The third-order valence-electron chi connectivity index (χ3n) is 5.69. The minimum atomic E-state index is -1.16. The Morgan fingerprint density at radius 3 is 2.49 bits per heavy atom. The van der Waals surface area contributed by atoms with E-state index in [9.17, 15) is 18.8 Å². The molecule has 0 radical (unpaired) electrons. The molecule has 1 heterocycles. The molecule has 1 saturated heterocycles. The van der Waals surface area contributed by atoms with Crippen molar-refractivity contribution < 1.29 is 23.5 Å². The number of carbonyl (C=O) groups is 3. The van der Waals surface area contributed by atoms with Crippen molar-refractivity contribution in [1.29, 1.82) is 0 Å². The van der Waals surface area contributed by atoms with Crippen molar-refractivity contribution in [1.82, 2.24) is 10.4 Å². The van der Waals surface area contributed by atoms with Crippen LogP contribution in [0, 0.1) is 12.7 Å². The molecule has 1 fully saturated rings. The van der Waals surface area contributed by atoms with Crippen molar-refractivity contribution in [2.24, 2.45) is 0 Å². The fourth-order valence-electron chi connectivity index (χ4n) is 3.73. The first kappa shape index (κ1) is 26.1. The van der Waals surface area contributed by atoms with E-state index in [1.165, 1.54) is 30.2 Å². The lowest BCUT2D eigenvalue weighted by molar-refractivity contribution is -0.124. The maximum atomic E-state index is 13.7. The van der Waals surface area contributed by atoms with Gasteiger partial charge in [-0.25, -0.2) is 9.40 Å². The molecule has 0 bridgehead atoms. The van der Waals surface area contributed by atoms with Gasteiger partial charge in [0.25, 0.3) is 11.8 Å². The smallest absolute Gasteiger partial charge is 0.269 e. The number of amides is 3. The van der Waals surface area contributed by atoms with Gasteiger partial charge in [-0.1, -0.05) is 23.7 Å². The van der Waals surface area contributed by atoms with Crippen LogP contribution in [0.15, 0.2) is 66.7 Å². The molecule has 1 unspecified atom stereocenters. The number of hydrogen-bond donors (Lipinski definition) is 2. The molecule has 0 saturated carbocycles. The summed E-state index contributed by atoms with van der Waals surface area (Å²) in [4.78, 5) is 40.5. The monoisotopic (exact) mass is 540 g/mol. The topological polar surface area (TPSA) is 91.0 Å². The van der Waals surface area contributed by atoms with Crippen LogP contribution >= 0.6 is 23.8 Å². The summed E-state index contributed by atoms with van der Waals surface area (Å²) >= 11 is 11.7. The van der Waals surface area contributed by atoms with Crippen LogP contribution in [0.4, 0.5) is 15.8 Å². The highest BCUT2D eigenvalue weighted by atomic mass is 35.5. The minimum absolute atomic E-state index is 0.0237. The second kappa shape index (κ2) is 10.9. The summed E-state index contributed by atoms with van der Waals surface area (Å²) in [6.45, 7) is 1.83. The van der Waals surface area contributed by atoms with Crippen LogP contribution in [0.2, 0.25) is 5.02 Å². The van der Waals surface area contributed by atoms with Gasteiger partial charge in [0.2, 0.25) is 11.0 Å². The molecule has 190 valence electrons. The van der Waals surface area contributed by atoms with Gasteiger partial charge in [-0.2, -0.15) is 0 Å². The predicted octanol–water partition coefficient (Wildman–Crippen LogP) is 4.47. The molecule has 1 atom stereocenters. The van der Waals surface area contributed by atoms with E-state index in [1.807, 2.05) is 6.92 Å². The number of rotatable bonds is 7. The Hall–Kier alpha value is -4.02. The Labute approximate surface area is 222 Å². The number of carbonyl (C=O) groups excluding carboxylic acids is 3. The van der Waals surface area contributed by atoms with E-state index in [1.54, 1.807) is 42.5 Å². The average molecular weight is 541 g/mol. The van der Waals surface area contributed by atoms with Crippen LogP contribution in [0.5, 0.6) is 5.75 Å². The third-order valence-corrected chi connectivity index (χ3v) is 6.47. The Bertz CT molecular complexity index is 1390. The third kappa shape index (κ3) is 5.71. The van der Waals surface area contributed by atoms with E-state index < -0.39 is 29.6 Å². The van der Waals surface area contributed by atoms with Gasteiger partial charge < -0.3 is 10.1 Å². The van der Waals surface area contributed by atoms with Crippen molar-refractivity contribution in [3.05, 3.63) is 88.7 Å². The molecule has 0 aliphatic carbocycles. The number of anilines is 2. The molecule has 1 aliphatic heterocycles. The number of thiocarbonyl (C=S) groups is 1. The van der Waals surface area contributed by atoms with Gasteiger partial charge in [0.1, 0.15) is 17.6 Å². The van der Waals surface area contributed by atoms with Crippen molar-refractivity contribution in [3.8, 4) is 5.75 Å². The standard InChI is InChI=1S/C26H22ClFN4O4S/c1-15-6-7-18(13-21(15)27)29-23(33)14-22-25(35)31(19-8-10-20(36-2)11-9-19)26(37)32(22)30-24(34)16-4-3-5-17(28)12-16/h3-13,22H,14H2,1-2H3,(H,29,33)(H,30,34). The average Bonchev–Trinajstić information content (AvgIpc) is 3.10. The van der Waals surface area contributed by atoms with Crippen LogP contribution in [-0.4, -0.2) is 41.0 Å². The minimum Gasteiger partial charge on any atom is -0.497 e. The Morgan fingerprint density at radius 2 is 1.84 bits per heavy atom. The summed E-state index contributed by atoms with van der Waals surface area (Å²) in [5.74, 6) is -1.73. The lowest BCUT2D eigenvalue weighted by atomic mass is 10.1. The molecule has 1 aliphatic rings. The van der Waals surface area contributed by atoms with E-state index in [4.69, 9.17) is 28.6 Å². The summed E-state index contributed by atoms with van der Waals surface area (Å²) in [7, 11) is 1.51. The molecule has 37 heavy (non-hydrogen) atoms. The van der Waals surface area contributed by atoms with Crippen LogP contribution in [0.3, 0.4) is 0 Å². The highest BCUT2D eigenvalue weighted by molar-refractivity contribution is 7.80. The second-order valence-corrected chi connectivity index (χ2v) is 8.98. The van der Waals surface area contributed by atoms with Crippen LogP contribution in [-0.2, 0) is 9.59 Å². The van der Waals surface area contributed by atoms with Gasteiger partial charge in [-0.15, -0.1) is 0 Å². The Balaban J connectivity index is 1.61. The van der Waals surface area contributed by atoms with Crippen LogP contribution in [0.1, 0.15) is 22.3 Å². The highest BCUT2D eigenvalue weighted by Gasteiger charge is 2.45. The van der Waals surface area contributed by atoms with Crippen molar-refractivity contribution >= 4 is 58.0 Å². The number of aryl methyl sites for hydroxylation is 1. The summed E-state index contributed by atoms with van der Waals surface area (Å²) in [6.07, 6.45) is -0.333. The first-order valence-electron chi connectivity index (χ1n) is 11.1. The maximum Gasteiger partial charge on any atom is 0.269 e. The number of methoxy groups -OCH3 is 1. The molecule has 4 rings (SSSR count). The number of nitrogens with one attached hydrogen (secondary N) is 2. The molecule has 0 aromatic heterocycles. The molecule has 8 nitrogen and oxygen atoms in total. The fourth-order valence-corrected chi connectivity index (χ4v) is 4.28. The van der Waals surface area contributed by atoms with E-state index in [-0.39, 0.29) is 17.1 Å². The summed E-state index contributed by atoms with van der Waals surface area (Å²) in [5, 5.41) is 4.29. The largest absolute Gasteiger partial charge is 0.497 e. The zero-order valence-electron chi connectivity index (χ0n) is 19.8. The predicted molar refractivity (Wildman–Crippen MR) is 142 cm³/mol. The van der Waals surface area contributed by atoms with E-state index in [2.05, 4.69) is 10.7 Å². The number of hydrogen-bond acceptors (Lipinski definition) is 5. The van der Waals surface area contributed by atoms with Crippen molar-refractivity contribution in [2.75, 3.05) is 17.3 Å². The van der Waals surface area contributed by atoms with Gasteiger partial charge in [-0.05, 0) is 79.3 Å². The highest BCUT2D eigenvalue weighted by Crippen LogP contribution is 2.28. The van der Waals surface area contributed by atoms with E-state index >= 15 is 0 Å². The SMILES string of the molecule is COc1ccc(N2C(=O)C(CC(=O)Nc3ccc(C)c(Cl)c3)N(NC(=O)c3cccc(F)c3)C2=S)cc1. The molecule has 3 aromatic carbocycles. The number of nitrogens with zero attached hydrogens (tertiary/aromatic N) is 2. The quantitative estimate of drug-likeness (QED) is 0.430. The maximum absolute atomic E-state index is 13.7. The molecule has 11 heteroatoms. The molecule has 2 N–H and O–H groups in total. The molecule has 3 aromatic rings. The molecular weight excluding hydrogens is 519 g/mol. The summed E-state index contributed by atoms with van der Waals surface area (Å²) < 4.78 is 18.8. The zero-order valence-corrected chi connectivity index (χ0v) is 21.4. The first-order chi connectivity index (χ1) is 17.7. The van der Waals surface area contributed by atoms with Crippen molar-refractivity contribution in [3.63, 3.8) is 0 Å². The Kier molecular flexibility index (Phi) is 7.70. The molecular formula is C26H22ClFN4O4S. The zero-order chi connectivity index (χ0) is 26.7. The number of benzene rings is 3. The number of halogens is 2. The first-order valence-corrected chi connectivity index (χ1v) is 11.9.